The minimum absolute atomic E-state index is 0.0353. The van der Waals surface area contributed by atoms with Crippen LogP contribution in [0.4, 0.5) is 0 Å². The number of ether oxygens (including phenoxy) is 1. The highest BCUT2D eigenvalue weighted by atomic mass is 16.6. The van der Waals surface area contributed by atoms with Crippen molar-refractivity contribution in [2.24, 2.45) is 0 Å². The van der Waals surface area contributed by atoms with E-state index in [1.165, 1.54) is 44.9 Å². The van der Waals surface area contributed by atoms with Crippen molar-refractivity contribution in [1.29, 1.82) is 0 Å². The second-order valence-corrected chi connectivity index (χ2v) is 6.29. The molecule has 0 radical (unpaired) electrons. The van der Waals surface area contributed by atoms with Gasteiger partial charge in [0.2, 0.25) is 0 Å². The van der Waals surface area contributed by atoms with Gasteiger partial charge in [0.1, 0.15) is 0 Å². The Kier molecular flexibility index (Phi) is 14.1. The average Bonchev–Trinajstić information content (AvgIpc) is 2.54. The van der Waals surface area contributed by atoms with E-state index in [1.807, 2.05) is 0 Å². The summed E-state index contributed by atoms with van der Waals surface area (Å²) < 4.78 is 4.34. The number of allylic oxidation sites excluding steroid dienone is 2. The van der Waals surface area contributed by atoms with Gasteiger partial charge in [-0.2, -0.15) is 0 Å². The lowest BCUT2D eigenvalue weighted by Gasteiger charge is -2.17. The first-order valence-corrected chi connectivity index (χ1v) is 9.22. The van der Waals surface area contributed by atoms with Crippen molar-refractivity contribution < 1.29 is 19.7 Å². The van der Waals surface area contributed by atoms with Gasteiger partial charge in [0.15, 0.2) is 0 Å². The van der Waals surface area contributed by atoms with Crippen molar-refractivity contribution in [3.63, 3.8) is 0 Å². The van der Waals surface area contributed by atoms with E-state index >= 15 is 0 Å². The molecular weight excluding hydrogens is 292 g/mol. The summed E-state index contributed by atoms with van der Waals surface area (Å²) >= 11 is 0. The lowest BCUT2D eigenvalue weighted by molar-refractivity contribution is -0.209. The van der Waals surface area contributed by atoms with E-state index < -0.39 is 11.8 Å². The standard InChI is InChI=1S/C19H36O4/c1-3-4-5-6-7-8-9-10-11-12-13-14-15-16-17-19(21,22)18(20)23-2/h10-11,21-22H,3-9,12-17H2,1-2H3. The van der Waals surface area contributed by atoms with E-state index in [0.29, 0.717) is 6.42 Å². The molecule has 0 rings (SSSR count). The van der Waals surface area contributed by atoms with Gasteiger partial charge in [-0.15, -0.1) is 0 Å². The number of methoxy groups -OCH3 is 1. The highest BCUT2D eigenvalue weighted by Gasteiger charge is 2.33. The zero-order chi connectivity index (χ0) is 17.4. The van der Waals surface area contributed by atoms with Crippen LogP contribution in [-0.2, 0) is 9.53 Å². The third-order valence-corrected chi connectivity index (χ3v) is 4.05. The molecule has 0 heterocycles. The monoisotopic (exact) mass is 328 g/mol. The summed E-state index contributed by atoms with van der Waals surface area (Å²) in [6, 6.07) is 0. The van der Waals surface area contributed by atoms with Crippen molar-refractivity contribution in [3.05, 3.63) is 12.2 Å². The first-order valence-electron chi connectivity index (χ1n) is 9.22. The van der Waals surface area contributed by atoms with Gasteiger partial charge in [-0.25, -0.2) is 4.79 Å². The lowest BCUT2D eigenvalue weighted by atomic mass is 10.1. The van der Waals surface area contributed by atoms with Crippen LogP contribution in [0.2, 0.25) is 0 Å². The van der Waals surface area contributed by atoms with Crippen LogP contribution in [0.3, 0.4) is 0 Å². The fraction of sp³-hybridized carbons (Fsp3) is 0.842. The lowest BCUT2D eigenvalue weighted by Crippen LogP contribution is -2.39. The van der Waals surface area contributed by atoms with Gasteiger partial charge in [-0.3, -0.25) is 0 Å². The molecule has 0 aromatic carbocycles. The topological polar surface area (TPSA) is 66.8 Å². The highest BCUT2D eigenvalue weighted by molar-refractivity contribution is 5.76. The Labute approximate surface area is 141 Å². The maximum absolute atomic E-state index is 11.1. The van der Waals surface area contributed by atoms with Crippen LogP contribution >= 0.6 is 0 Å². The number of hydrogen-bond donors (Lipinski definition) is 2. The van der Waals surface area contributed by atoms with Gasteiger partial charge in [0, 0.05) is 6.42 Å². The van der Waals surface area contributed by atoms with Crippen LogP contribution in [0, 0.1) is 0 Å². The van der Waals surface area contributed by atoms with Crippen LogP contribution in [-0.4, -0.2) is 29.1 Å². The van der Waals surface area contributed by atoms with E-state index in [1.54, 1.807) is 0 Å². The van der Waals surface area contributed by atoms with Crippen LogP contribution in [0.15, 0.2) is 12.2 Å². The number of carbonyl (C=O) groups excluding carboxylic acids is 1. The molecule has 0 fully saturated rings. The Hall–Kier alpha value is -0.870. The van der Waals surface area contributed by atoms with Crippen LogP contribution < -0.4 is 0 Å². The fourth-order valence-electron chi connectivity index (χ4n) is 2.53. The molecule has 0 aliphatic carbocycles. The zero-order valence-corrected chi connectivity index (χ0v) is 15.1. The molecule has 4 nitrogen and oxygen atoms in total. The molecule has 0 aromatic heterocycles. The second-order valence-electron chi connectivity index (χ2n) is 6.29. The first kappa shape index (κ1) is 22.1. The quantitative estimate of drug-likeness (QED) is 0.201. The molecule has 0 atom stereocenters. The summed E-state index contributed by atoms with van der Waals surface area (Å²) in [7, 11) is 1.15. The summed E-state index contributed by atoms with van der Waals surface area (Å²) in [5.74, 6) is -3.30. The van der Waals surface area contributed by atoms with Gasteiger partial charge in [-0.05, 0) is 32.1 Å². The molecule has 23 heavy (non-hydrogen) atoms. The number of unbranched alkanes of at least 4 members (excludes halogenated alkanes) is 10. The highest BCUT2D eigenvalue weighted by Crippen LogP contribution is 2.15. The van der Waals surface area contributed by atoms with Gasteiger partial charge in [0.05, 0.1) is 7.11 Å². The average molecular weight is 328 g/mol. The maximum atomic E-state index is 11.1. The fourth-order valence-corrected chi connectivity index (χ4v) is 2.53. The Morgan fingerprint density at radius 3 is 1.87 bits per heavy atom. The first-order chi connectivity index (χ1) is 11.0. The molecule has 136 valence electrons. The van der Waals surface area contributed by atoms with Gasteiger partial charge in [0.25, 0.3) is 5.79 Å². The van der Waals surface area contributed by atoms with E-state index in [4.69, 9.17) is 0 Å². The molecule has 0 aromatic rings. The Balaban J connectivity index is 3.36. The van der Waals surface area contributed by atoms with Crippen molar-refractivity contribution in [3.8, 4) is 0 Å². The molecule has 0 spiro atoms. The number of hydrogen-bond acceptors (Lipinski definition) is 4. The molecule has 2 N–H and O–H groups in total. The van der Waals surface area contributed by atoms with Crippen LogP contribution in [0.5, 0.6) is 0 Å². The van der Waals surface area contributed by atoms with Crippen LogP contribution in [0.1, 0.15) is 90.4 Å². The molecule has 0 unspecified atom stereocenters. The molecule has 0 saturated carbocycles. The minimum Gasteiger partial charge on any atom is -0.465 e. The molecule has 0 aliphatic heterocycles. The SMILES string of the molecule is CCCCCCCCC=CCCCCCCC(O)(O)C(=O)OC. The van der Waals surface area contributed by atoms with E-state index in [-0.39, 0.29) is 6.42 Å². The normalized spacial score (nSPS) is 12.0. The molecule has 0 amide bonds. The number of rotatable bonds is 15. The summed E-state index contributed by atoms with van der Waals surface area (Å²) in [6.07, 6.45) is 18.5. The Morgan fingerprint density at radius 2 is 1.35 bits per heavy atom. The van der Waals surface area contributed by atoms with Crippen molar-refractivity contribution in [2.75, 3.05) is 7.11 Å². The molecule has 0 bridgehead atoms. The van der Waals surface area contributed by atoms with Gasteiger partial charge in [-0.1, -0.05) is 64.0 Å². The Morgan fingerprint density at radius 1 is 0.870 bits per heavy atom. The number of aliphatic hydroxyl groups is 2. The third-order valence-electron chi connectivity index (χ3n) is 4.05. The maximum Gasteiger partial charge on any atom is 0.366 e. The van der Waals surface area contributed by atoms with Gasteiger partial charge >= 0.3 is 5.97 Å². The van der Waals surface area contributed by atoms with Crippen molar-refractivity contribution in [2.45, 2.75) is 96.2 Å². The number of carbonyl (C=O) groups is 1. The summed E-state index contributed by atoms with van der Waals surface area (Å²) in [6.45, 7) is 2.24. The molecule has 0 aliphatic rings. The second kappa shape index (κ2) is 14.7. The minimum atomic E-state index is -2.33. The largest absolute Gasteiger partial charge is 0.465 e. The van der Waals surface area contributed by atoms with E-state index in [9.17, 15) is 15.0 Å². The van der Waals surface area contributed by atoms with Crippen molar-refractivity contribution in [1.82, 2.24) is 0 Å². The summed E-state index contributed by atoms with van der Waals surface area (Å²) in [5.41, 5.74) is 0. The molecule has 0 saturated heterocycles. The zero-order valence-electron chi connectivity index (χ0n) is 15.1. The Bertz CT molecular complexity index is 310. The number of esters is 1. The molecular formula is C19H36O4. The van der Waals surface area contributed by atoms with Gasteiger partial charge < -0.3 is 14.9 Å². The third kappa shape index (κ3) is 13.3. The predicted molar refractivity (Wildman–Crippen MR) is 94.0 cm³/mol. The smallest absolute Gasteiger partial charge is 0.366 e. The molecule has 4 heteroatoms. The van der Waals surface area contributed by atoms with E-state index in [2.05, 4.69) is 23.8 Å². The summed E-state index contributed by atoms with van der Waals surface area (Å²) in [5, 5.41) is 18.9. The van der Waals surface area contributed by atoms with Crippen LogP contribution in [0.25, 0.3) is 0 Å². The summed E-state index contributed by atoms with van der Waals surface area (Å²) in [4.78, 5) is 11.1. The van der Waals surface area contributed by atoms with E-state index in [0.717, 1.165) is 32.8 Å². The predicted octanol–water partition coefficient (Wildman–Crippen LogP) is 4.49. The van der Waals surface area contributed by atoms with Crippen molar-refractivity contribution >= 4 is 5.97 Å².